The van der Waals surface area contributed by atoms with Gasteiger partial charge in [0.1, 0.15) is 0 Å². The smallest absolute Gasteiger partial charge is 0.225 e. The highest BCUT2D eigenvalue weighted by atomic mass is 16.2. The van der Waals surface area contributed by atoms with Crippen LogP contribution in [0.25, 0.3) is 0 Å². The van der Waals surface area contributed by atoms with Crippen LogP contribution in [0.1, 0.15) is 13.3 Å². The van der Waals surface area contributed by atoms with Crippen LogP contribution in [0.2, 0.25) is 0 Å². The zero-order valence-electron chi connectivity index (χ0n) is 8.67. The van der Waals surface area contributed by atoms with Crippen molar-refractivity contribution in [1.82, 2.24) is 10.2 Å². The monoisotopic (exact) mass is 196 g/mol. The van der Waals surface area contributed by atoms with Gasteiger partial charge in [-0.25, -0.2) is 0 Å². The molecule has 0 aromatic rings. The van der Waals surface area contributed by atoms with E-state index in [9.17, 15) is 9.59 Å². The minimum Gasteiger partial charge on any atom is -0.352 e. The Kier molecular flexibility index (Phi) is 3.28. The van der Waals surface area contributed by atoms with Gasteiger partial charge in [-0.3, -0.25) is 9.59 Å². The predicted octanol–water partition coefficient (Wildman–Crippen LogP) is 0.157. The second kappa shape index (κ2) is 4.26. The summed E-state index contributed by atoms with van der Waals surface area (Å²) in [7, 11) is 1.72. The van der Waals surface area contributed by atoms with Crippen LogP contribution in [0.4, 0.5) is 0 Å². The highest BCUT2D eigenvalue weighted by Gasteiger charge is 2.31. The minimum atomic E-state index is -0.188. The zero-order chi connectivity index (χ0) is 10.7. The number of hydrogen-bond donors (Lipinski definition) is 1. The summed E-state index contributed by atoms with van der Waals surface area (Å²) in [5, 5.41) is 2.75. The van der Waals surface area contributed by atoms with E-state index in [0.29, 0.717) is 19.5 Å². The fraction of sp³-hybridized carbons (Fsp3) is 0.600. The first-order valence-corrected chi connectivity index (χ1v) is 4.66. The lowest BCUT2D eigenvalue weighted by molar-refractivity contribution is -0.128. The van der Waals surface area contributed by atoms with Crippen LogP contribution in [0, 0.1) is 5.92 Å². The Morgan fingerprint density at radius 1 is 1.71 bits per heavy atom. The first-order chi connectivity index (χ1) is 6.50. The van der Waals surface area contributed by atoms with Crippen molar-refractivity contribution >= 4 is 11.8 Å². The molecular weight excluding hydrogens is 180 g/mol. The van der Waals surface area contributed by atoms with Crippen molar-refractivity contribution in [3.63, 3.8) is 0 Å². The number of nitrogens with zero attached hydrogens (tertiary/aromatic N) is 1. The summed E-state index contributed by atoms with van der Waals surface area (Å²) in [6, 6.07) is 0. The lowest BCUT2D eigenvalue weighted by Gasteiger charge is -2.10. The van der Waals surface area contributed by atoms with E-state index in [4.69, 9.17) is 0 Å². The number of amides is 2. The lowest BCUT2D eigenvalue weighted by Crippen LogP contribution is -2.33. The Labute approximate surface area is 84.0 Å². The molecule has 0 aliphatic carbocycles. The van der Waals surface area contributed by atoms with Crippen LogP contribution < -0.4 is 5.32 Å². The highest BCUT2D eigenvalue weighted by molar-refractivity contribution is 5.89. The quantitative estimate of drug-likeness (QED) is 0.653. The maximum absolute atomic E-state index is 11.5. The summed E-state index contributed by atoms with van der Waals surface area (Å²) < 4.78 is 0. The van der Waals surface area contributed by atoms with E-state index in [0.717, 1.165) is 5.57 Å². The third-order valence-electron chi connectivity index (χ3n) is 2.28. The second-order valence-corrected chi connectivity index (χ2v) is 3.85. The zero-order valence-corrected chi connectivity index (χ0v) is 8.67. The molecule has 4 nitrogen and oxygen atoms in total. The van der Waals surface area contributed by atoms with E-state index >= 15 is 0 Å². The molecule has 4 heteroatoms. The molecule has 0 spiro atoms. The van der Waals surface area contributed by atoms with Crippen molar-refractivity contribution in [2.24, 2.45) is 5.92 Å². The minimum absolute atomic E-state index is 0.0421. The average molecular weight is 196 g/mol. The van der Waals surface area contributed by atoms with Crippen molar-refractivity contribution in [2.75, 3.05) is 20.1 Å². The third-order valence-corrected chi connectivity index (χ3v) is 2.28. The van der Waals surface area contributed by atoms with Gasteiger partial charge in [0.25, 0.3) is 0 Å². The maximum Gasteiger partial charge on any atom is 0.225 e. The normalized spacial score (nSPS) is 21.1. The Morgan fingerprint density at radius 3 is 2.79 bits per heavy atom. The summed E-state index contributed by atoms with van der Waals surface area (Å²) in [4.78, 5) is 24.3. The van der Waals surface area contributed by atoms with Gasteiger partial charge in [0.2, 0.25) is 11.8 Å². The van der Waals surface area contributed by atoms with E-state index in [1.54, 1.807) is 11.9 Å². The summed E-state index contributed by atoms with van der Waals surface area (Å²) in [5.41, 5.74) is 0.913. The van der Waals surface area contributed by atoms with Gasteiger partial charge in [-0.05, 0) is 6.92 Å². The summed E-state index contributed by atoms with van der Waals surface area (Å²) in [5.74, 6) is -0.196. The number of likely N-dealkylation sites (tertiary alicyclic amines) is 1. The van der Waals surface area contributed by atoms with Crippen LogP contribution in [0.15, 0.2) is 12.2 Å². The van der Waals surface area contributed by atoms with Gasteiger partial charge in [0.05, 0.1) is 5.92 Å². The molecular formula is C10H16N2O2. The highest BCUT2D eigenvalue weighted by Crippen LogP contribution is 2.15. The Hall–Kier alpha value is -1.32. The molecule has 78 valence electrons. The van der Waals surface area contributed by atoms with Crippen LogP contribution in [0.3, 0.4) is 0 Å². The molecule has 0 aromatic heterocycles. The van der Waals surface area contributed by atoms with Gasteiger partial charge in [-0.2, -0.15) is 0 Å². The van der Waals surface area contributed by atoms with E-state index in [2.05, 4.69) is 11.9 Å². The number of nitrogens with one attached hydrogen (secondary N) is 1. The van der Waals surface area contributed by atoms with Crippen molar-refractivity contribution in [3.05, 3.63) is 12.2 Å². The van der Waals surface area contributed by atoms with E-state index in [1.807, 2.05) is 6.92 Å². The fourth-order valence-corrected chi connectivity index (χ4v) is 1.42. The van der Waals surface area contributed by atoms with Crippen LogP contribution >= 0.6 is 0 Å². The molecule has 0 aromatic carbocycles. The van der Waals surface area contributed by atoms with Gasteiger partial charge >= 0.3 is 0 Å². The molecule has 2 amide bonds. The SMILES string of the molecule is C=C(C)CNC(=O)C1CC(=O)N(C)C1. The van der Waals surface area contributed by atoms with Gasteiger partial charge in [-0.1, -0.05) is 12.2 Å². The topological polar surface area (TPSA) is 49.4 Å². The molecule has 14 heavy (non-hydrogen) atoms. The van der Waals surface area contributed by atoms with Crippen LogP contribution in [0.5, 0.6) is 0 Å². The van der Waals surface area contributed by atoms with Crippen LogP contribution in [-0.4, -0.2) is 36.9 Å². The molecule has 0 bridgehead atoms. The molecule has 1 N–H and O–H groups in total. The molecule has 1 rings (SSSR count). The summed E-state index contributed by atoms with van der Waals surface area (Å²) in [6.45, 7) is 6.57. The number of carbonyl (C=O) groups is 2. The Bertz CT molecular complexity index is 273. The van der Waals surface area contributed by atoms with Crippen LogP contribution in [-0.2, 0) is 9.59 Å². The fourth-order valence-electron chi connectivity index (χ4n) is 1.42. The molecule has 0 saturated carbocycles. The maximum atomic E-state index is 11.5. The first kappa shape index (κ1) is 10.8. The largest absolute Gasteiger partial charge is 0.352 e. The molecule has 1 atom stereocenters. The average Bonchev–Trinajstić information content (AvgIpc) is 2.43. The predicted molar refractivity (Wildman–Crippen MR) is 53.6 cm³/mol. The number of rotatable bonds is 3. The van der Waals surface area contributed by atoms with Gasteiger partial charge < -0.3 is 10.2 Å². The molecule has 0 radical (unpaired) electrons. The van der Waals surface area contributed by atoms with Crippen molar-refractivity contribution in [2.45, 2.75) is 13.3 Å². The molecule has 1 aliphatic rings. The Morgan fingerprint density at radius 2 is 2.36 bits per heavy atom. The summed E-state index contributed by atoms with van der Waals surface area (Å²) in [6.07, 6.45) is 0.332. The van der Waals surface area contributed by atoms with E-state index in [-0.39, 0.29) is 17.7 Å². The number of hydrogen-bond acceptors (Lipinski definition) is 2. The van der Waals surface area contributed by atoms with Gasteiger partial charge in [0.15, 0.2) is 0 Å². The van der Waals surface area contributed by atoms with Gasteiger partial charge in [-0.15, -0.1) is 0 Å². The second-order valence-electron chi connectivity index (χ2n) is 3.85. The molecule has 1 heterocycles. The first-order valence-electron chi connectivity index (χ1n) is 4.66. The van der Waals surface area contributed by atoms with E-state index in [1.165, 1.54) is 0 Å². The Balaban J connectivity index is 2.39. The van der Waals surface area contributed by atoms with Gasteiger partial charge in [0, 0.05) is 26.6 Å². The molecule has 1 aliphatic heterocycles. The van der Waals surface area contributed by atoms with Crippen molar-refractivity contribution in [1.29, 1.82) is 0 Å². The molecule has 1 saturated heterocycles. The van der Waals surface area contributed by atoms with Crippen molar-refractivity contribution < 1.29 is 9.59 Å². The molecule has 1 fully saturated rings. The number of carbonyl (C=O) groups excluding carboxylic acids is 2. The van der Waals surface area contributed by atoms with E-state index < -0.39 is 0 Å². The summed E-state index contributed by atoms with van der Waals surface area (Å²) >= 11 is 0. The third kappa shape index (κ3) is 2.58. The molecule has 1 unspecified atom stereocenters. The lowest BCUT2D eigenvalue weighted by atomic mass is 10.1. The van der Waals surface area contributed by atoms with Crippen molar-refractivity contribution in [3.8, 4) is 0 Å². The standard InChI is InChI=1S/C10H16N2O2/c1-7(2)5-11-10(14)8-4-9(13)12(3)6-8/h8H,1,4-6H2,2-3H3,(H,11,14).